The van der Waals surface area contributed by atoms with Crippen molar-refractivity contribution in [1.82, 2.24) is 4.90 Å². The predicted octanol–water partition coefficient (Wildman–Crippen LogP) is 3.60. The Morgan fingerprint density at radius 2 is 2.17 bits per heavy atom. The van der Waals surface area contributed by atoms with Gasteiger partial charge in [0.1, 0.15) is 0 Å². The Bertz CT molecular complexity index is 701. The predicted molar refractivity (Wildman–Crippen MR) is 91.8 cm³/mol. The second-order valence-electron chi connectivity index (χ2n) is 5.41. The third-order valence-electron chi connectivity index (χ3n) is 3.70. The van der Waals surface area contributed by atoms with Crippen molar-refractivity contribution in [2.75, 3.05) is 18.9 Å². The summed E-state index contributed by atoms with van der Waals surface area (Å²) in [6.07, 6.45) is 0. The van der Waals surface area contributed by atoms with Gasteiger partial charge in [0, 0.05) is 28.7 Å². The average molecular weight is 333 g/mol. The monoisotopic (exact) mass is 333 g/mol. The summed E-state index contributed by atoms with van der Waals surface area (Å²) in [7, 11) is 1.90. The molecule has 0 saturated heterocycles. The van der Waals surface area contributed by atoms with Crippen LogP contribution < -0.4 is 5.32 Å². The molecule has 122 valence electrons. The zero-order valence-corrected chi connectivity index (χ0v) is 14.1. The van der Waals surface area contributed by atoms with Crippen molar-refractivity contribution in [2.45, 2.75) is 19.9 Å². The summed E-state index contributed by atoms with van der Waals surface area (Å²) >= 11 is 1.66. The molecular weight excluding hydrogens is 314 g/mol. The summed E-state index contributed by atoms with van der Waals surface area (Å²) < 4.78 is 0. The molecule has 0 aliphatic rings. The van der Waals surface area contributed by atoms with Gasteiger partial charge in [0.15, 0.2) is 0 Å². The van der Waals surface area contributed by atoms with Crippen LogP contribution in [0.15, 0.2) is 35.7 Å². The van der Waals surface area contributed by atoms with Gasteiger partial charge in [0.05, 0.1) is 11.5 Å². The normalized spacial score (nSPS) is 12.2. The lowest BCUT2D eigenvalue weighted by Gasteiger charge is -2.23. The Kier molecular flexibility index (Phi) is 5.46. The fourth-order valence-corrected chi connectivity index (χ4v) is 3.05. The molecule has 6 nitrogen and oxygen atoms in total. The highest BCUT2D eigenvalue weighted by molar-refractivity contribution is 7.10. The zero-order chi connectivity index (χ0) is 17.0. The number of rotatable bonds is 6. The van der Waals surface area contributed by atoms with Crippen molar-refractivity contribution >= 4 is 28.6 Å². The van der Waals surface area contributed by atoms with Crippen molar-refractivity contribution in [1.29, 1.82) is 0 Å². The van der Waals surface area contributed by atoms with E-state index >= 15 is 0 Å². The number of non-ortho nitro benzene ring substituents is 1. The van der Waals surface area contributed by atoms with Crippen LogP contribution in [-0.2, 0) is 4.79 Å². The number of likely N-dealkylation sites (N-methyl/N-ethyl adjacent to an activating group) is 1. The molecule has 0 bridgehead atoms. The quantitative estimate of drug-likeness (QED) is 0.647. The third-order valence-corrected chi connectivity index (χ3v) is 4.75. The minimum absolute atomic E-state index is 0.0175. The highest BCUT2D eigenvalue weighted by Gasteiger charge is 2.16. The molecule has 0 saturated carbocycles. The van der Waals surface area contributed by atoms with E-state index in [-0.39, 0.29) is 24.2 Å². The maximum absolute atomic E-state index is 12.2. The molecule has 1 amide bonds. The molecule has 1 aromatic heterocycles. The van der Waals surface area contributed by atoms with Crippen LogP contribution in [0.4, 0.5) is 11.4 Å². The Balaban J connectivity index is 1.98. The SMILES string of the molecule is Cc1cc([N+](=O)[O-])ccc1NC(=O)CN(C)C(C)c1cccs1. The molecular formula is C16H19N3O3S. The molecule has 1 unspecified atom stereocenters. The molecule has 2 rings (SSSR count). The lowest BCUT2D eigenvalue weighted by molar-refractivity contribution is -0.384. The van der Waals surface area contributed by atoms with Crippen LogP contribution in [0.3, 0.4) is 0 Å². The second kappa shape index (κ2) is 7.34. The van der Waals surface area contributed by atoms with Crippen molar-refractivity contribution < 1.29 is 9.72 Å². The molecule has 23 heavy (non-hydrogen) atoms. The summed E-state index contributed by atoms with van der Waals surface area (Å²) in [5.41, 5.74) is 1.28. The Morgan fingerprint density at radius 3 is 2.74 bits per heavy atom. The van der Waals surface area contributed by atoms with Crippen LogP contribution in [0, 0.1) is 17.0 Å². The fourth-order valence-electron chi connectivity index (χ4n) is 2.20. The molecule has 1 aromatic carbocycles. The summed E-state index contributed by atoms with van der Waals surface area (Å²) in [6, 6.07) is 8.59. The first-order valence-corrected chi connectivity index (χ1v) is 8.05. The van der Waals surface area contributed by atoms with Crippen molar-refractivity contribution in [3.05, 3.63) is 56.3 Å². The number of carbonyl (C=O) groups excluding carboxylic acids is 1. The molecule has 0 aliphatic carbocycles. The molecule has 0 fully saturated rings. The number of nitro groups is 1. The van der Waals surface area contributed by atoms with Crippen LogP contribution in [0.25, 0.3) is 0 Å². The molecule has 2 aromatic rings. The fraction of sp³-hybridized carbons (Fsp3) is 0.312. The van der Waals surface area contributed by atoms with Crippen LogP contribution >= 0.6 is 11.3 Å². The zero-order valence-electron chi connectivity index (χ0n) is 13.3. The number of nitrogens with zero attached hydrogens (tertiary/aromatic N) is 2. The lowest BCUT2D eigenvalue weighted by atomic mass is 10.1. The maximum Gasteiger partial charge on any atom is 0.269 e. The molecule has 0 spiro atoms. The van der Waals surface area contributed by atoms with E-state index in [1.807, 2.05) is 29.5 Å². The third kappa shape index (κ3) is 4.37. The summed E-state index contributed by atoms with van der Waals surface area (Å²) in [6.45, 7) is 4.03. The average Bonchev–Trinajstić information content (AvgIpc) is 3.02. The summed E-state index contributed by atoms with van der Waals surface area (Å²) in [5, 5.41) is 15.6. The van der Waals surface area contributed by atoms with Gasteiger partial charge < -0.3 is 5.32 Å². The van der Waals surface area contributed by atoms with E-state index in [1.165, 1.54) is 17.0 Å². The van der Waals surface area contributed by atoms with Crippen molar-refractivity contribution in [2.24, 2.45) is 0 Å². The van der Waals surface area contributed by atoms with E-state index in [0.717, 1.165) is 0 Å². The topological polar surface area (TPSA) is 75.5 Å². The minimum atomic E-state index is -0.449. The van der Waals surface area contributed by atoms with Crippen LogP contribution in [0.1, 0.15) is 23.4 Å². The number of carbonyl (C=O) groups is 1. The first kappa shape index (κ1) is 17.1. The van der Waals surface area contributed by atoms with Gasteiger partial charge in [-0.3, -0.25) is 19.8 Å². The van der Waals surface area contributed by atoms with E-state index in [9.17, 15) is 14.9 Å². The van der Waals surface area contributed by atoms with Gasteiger partial charge in [-0.2, -0.15) is 0 Å². The van der Waals surface area contributed by atoms with Crippen LogP contribution in [0.2, 0.25) is 0 Å². The smallest absolute Gasteiger partial charge is 0.269 e. The summed E-state index contributed by atoms with van der Waals surface area (Å²) in [5.74, 6) is -0.146. The van der Waals surface area contributed by atoms with E-state index in [1.54, 1.807) is 24.3 Å². The number of hydrogen-bond donors (Lipinski definition) is 1. The first-order chi connectivity index (χ1) is 10.9. The van der Waals surface area contributed by atoms with E-state index in [4.69, 9.17) is 0 Å². The highest BCUT2D eigenvalue weighted by atomic mass is 32.1. The van der Waals surface area contributed by atoms with E-state index in [0.29, 0.717) is 11.3 Å². The second-order valence-corrected chi connectivity index (χ2v) is 6.39. The number of aryl methyl sites for hydroxylation is 1. The lowest BCUT2D eigenvalue weighted by Crippen LogP contribution is -2.32. The first-order valence-electron chi connectivity index (χ1n) is 7.17. The Morgan fingerprint density at radius 1 is 1.43 bits per heavy atom. The van der Waals surface area contributed by atoms with Gasteiger partial charge in [0.25, 0.3) is 5.69 Å². The van der Waals surface area contributed by atoms with Gasteiger partial charge in [-0.05, 0) is 44.0 Å². The molecule has 1 heterocycles. The van der Waals surface area contributed by atoms with Crippen LogP contribution in [0.5, 0.6) is 0 Å². The van der Waals surface area contributed by atoms with Gasteiger partial charge in [0.2, 0.25) is 5.91 Å². The maximum atomic E-state index is 12.2. The molecule has 1 atom stereocenters. The number of nitro benzene ring substituents is 1. The number of nitrogens with one attached hydrogen (secondary N) is 1. The van der Waals surface area contributed by atoms with Gasteiger partial charge in [-0.15, -0.1) is 11.3 Å². The standard InChI is InChI=1S/C16H19N3O3S/c1-11-9-13(19(21)22)6-7-14(11)17-16(20)10-18(3)12(2)15-5-4-8-23-15/h4-9,12H,10H2,1-3H3,(H,17,20). The van der Waals surface area contributed by atoms with Gasteiger partial charge in [-0.25, -0.2) is 0 Å². The molecule has 0 aliphatic heterocycles. The van der Waals surface area contributed by atoms with Crippen molar-refractivity contribution in [3.63, 3.8) is 0 Å². The molecule has 7 heteroatoms. The number of amides is 1. The Hall–Kier alpha value is -2.25. The number of anilines is 1. The number of benzene rings is 1. The van der Waals surface area contributed by atoms with E-state index in [2.05, 4.69) is 12.2 Å². The van der Waals surface area contributed by atoms with Crippen molar-refractivity contribution in [3.8, 4) is 0 Å². The summed E-state index contributed by atoms with van der Waals surface area (Å²) in [4.78, 5) is 25.6. The molecule has 0 radical (unpaired) electrons. The largest absolute Gasteiger partial charge is 0.325 e. The Labute approximate surface area is 138 Å². The van der Waals surface area contributed by atoms with E-state index < -0.39 is 4.92 Å². The number of thiophene rings is 1. The minimum Gasteiger partial charge on any atom is -0.325 e. The highest BCUT2D eigenvalue weighted by Crippen LogP contribution is 2.24. The van der Waals surface area contributed by atoms with Gasteiger partial charge in [-0.1, -0.05) is 6.07 Å². The van der Waals surface area contributed by atoms with Crippen LogP contribution in [-0.4, -0.2) is 29.3 Å². The van der Waals surface area contributed by atoms with Gasteiger partial charge >= 0.3 is 0 Å². The number of hydrogen-bond acceptors (Lipinski definition) is 5. The molecule has 1 N–H and O–H groups in total.